The zero-order chi connectivity index (χ0) is 26.6. The zero-order valence-electron chi connectivity index (χ0n) is 21.3. The Morgan fingerprint density at radius 1 is 1.05 bits per heavy atom. The van der Waals surface area contributed by atoms with Crippen LogP contribution in [0.4, 0.5) is 0 Å². The summed E-state index contributed by atoms with van der Waals surface area (Å²) in [5.74, 6) is 0.753. The predicted octanol–water partition coefficient (Wildman–Crippen LogP) is 6.82. The molecule has 9 heteroatoms. The molecule has 3 aromatic carbocycles. The van der Waals surface area contributed by atoms with Crippen LogP contribution in [0.25, 0.3) is 0 Å². The van der Waals surface area contributed by atoms with Crippen molar-refractivity contribution in [3.63, 3.8) is 0 Å². The van der Waals surface area contributed by atoms with Crippen LogP contribution in [0.5, 0.6) is 5.75 Å². The highest BCUT2D eigenvalue weighted by molar-refractivity contribution is 7.32. The van der Waals surface area contributed by atoms with Gasteiger partial charge < -0.3 is 14.9 Å². The third kappa shape index (κ3) is 9.88. The van der Waals surface area contributed by atoms with E-state index in [0.29, 0.717) is 36.9 Å². The molecule has 0 amide bonds. The van der Waals surface area contributed by atoms with Crippen LogP contribution in [0.15, 0.2) is 71.9 Å². The molecule has 3 aromatic rings. The average Bonchev–Trinajstić information content (AvgIpc) is 2.87. The van der Waals surface area contributed by atoms with E-state index in [1.54, 1.807) is 0 Å². The Labute approximate surface area is 224 Å². The number of nitrogens with one attached hydrogen (secondary N) is 1. The molecular weight excluding hydrogens is 511 g/mol. The molecule has 0 spiro atoms. The number of aryl methyl sites for hydroxylation is 2. The highest BCUT2D eigenvalue weighted by Gasteiger charge is 2.19. The van der Waals surface area contributed by atoms with Crippen LogP contribution in [0.1, 0.15) is 47.3 Å². The van der Waals surface area contributed by atoms with Crippen molar-refractivity contribution in [3.05, 3.63) is 99.6 Å². The minimum Gasteiger partial charge on any atom is -0.480 e. The van der Waals surface area contributed by atoms with Gasteiger partial charge in [0.25, 0.3) is 0 Å². The van der Waals surface area contributed by atoms with Crippen molar-refractivity contribution in [1.29, 1.82) is 0 Å². The van der Waals surface area contributed by atoms with Crippen molar-refractivity contribution in [2.45, 2.75) is 46.4 Å². The molecule has 2 unspecified atom stereocenters. The molecule has 2 atom stereocenters. The van der Waals surface area contributed by atoms with Crippen molar-refractivity contribution in [2.75, 3.05) is 13.2 Å². The molecule has 0 saturated heterocycles. The lowest BCUT2D eigenvalue weighted by molar-refractivity contribution is 0.125. The summed E-state index contributed by atoms with van der Waals surface area (Å²) >= 11 is 6.25. The second-order valence-corrected chi connectivity index (χ2v) is 9.89. The van der Waals surface area contributed by atoms with E-state index in [9.17, 15) is 4.57 Å². The van der Waals surface area contributed by atoms with Gasteiger partial charge in [0.15, 0.2) is 6.10 Å². The first kappa shape index (κ1) is 28.8. The average molecular weight is 544 g/mol. The number of hydrogen-bond donors (Lipinski definition) is 2. The standard InChI is InChI=1S/C28H32ClN2O5P/c1-20-8-13-27(16-21(20)2)36-28(25-6-4-7-26(29)17-25)22(3)31-34-19-24-11-9-23(10-12-24)18-30-14-5-15-35-37(32)33/h4,6-13,16-17,28,30H,5,14-15,18-19H2,1-3H3/p+1/b31-22+. The first-order valence-corrected chi connectivity index (χ1v) is 13.6. The molecule has 0 heterocycles. The molecule has 7 nitrogen and oxygen atoms in total. The molecular formula is C28H33ClN2O5P+. The summed E-state index contributed by atoms with van der Waals surface area (Å²) in [5, 5.41) is 8.27. The largest absolute Gasteiger partial charge is 0.694 e. The quantitative estimate of drug-likeness (QED) is 0.100. The SMILES string of the molecule is C/C(=N\OCc1ccc(CNCCCO[P+](=O)O)cc1)C(Oc1ccc(C)c(C)c1)c1cccc(Cl)c1. The van der Waals surface area contributed by atoms with Crippen LogP contribution in [-0.2, 0) is 27.1 Å². The molecule has 0 aliphatic carbocycles. The summed E-state index contributed by atoms with van der Waals surface area (Å²) in [6, 6.07) is 21.6. The number of rotatable bonds is 14. The minimum atomic E-state index is -2.52. The molecule has 0 aliphatic rings. The van der Waals surface area contributed by atoms with Gasteiger partial charge in [-0.25, -0.2) is 0 Å². The topological polar surface area (TPSA) is 89.4 Å². The summed E-state index contributed by atoms with van der Waals surface area (Å²) in [6.07, 6.45) is 0.214. The lowest BCUT2D eigenvalue weighted by atomic mass is 10.1. The first-order chi connectivity index (χ1) is 17.8. The van der Waals surface area contributed by atoms with E-state index < -0.39 is 14.4 Å². The second-order valence-electron chi connectivity index (χ2n) is 8.72. The summed E-state index contributed by atoms with van der Waals surface area (Å²) in [5.41, 5.74) is 6.05. The number of ether oxygens (including phenoxy) is 1. The van der Waals surface area contributed by atoms with E-state index in [1.807, 2.05) is 73.7 Å². The fourth-order valence-electron chi connectivity index (χ4n) is 3.57. The van der Waals surface area contributed by atoms with Crippen LogP contribution < -0.4 is 10.1 Å². The maximum absolute atomic E-state index is 10.5. The smallest absolute Gasteiger partial charge is 0.480 e. The Morgan fingerprint density at radius 3 is 2.51 bits per heavy atom. The molecule has 0 radical (unpaired) electrons. The highest BCUT2D eigenvalue weighted by Crippen LogP contribution is 2.27. The van der Waals surface area contributed by atoms with Gasteiger partial charge in [0, 0.05) is 16.1 Å². The van der Waals surface area contributed by atoms with Gasteiger partial charge in [-0.05, 0) is 85.8 Å². The Kier molecular flexibility index (Phi) is 11.5. The Morgan fingerprint density at radius 2 is 1.81 bits per heavy atom. The third-order valence-corrected chi connectivity index (χ3v) is 6.39. The minimum absolute atomic E-state index is 0.253. The third-order valence-electron chi connectivity index (χ3n) is 5.75. The lowest BCUT2D eigenvalue weighted by Gasteiger charge is -2.20. The lowest BCUT2D eigenvalue weighted by Crippen LogP contribution is -2.17. The Balaban J connectivity index is 1.57. The molecule has 2 N–H and O–H groups in total. The first-order valence-electron chi connectivity index (χ1n) is 12.0. The molecule has 0 saturated carbocycles. The van der Waals surface area contributed by atoms with E-state index in [-0.39, 0.29) is 6.61 Å². The van der Waals surface area contributed by atoms with E-state index in [1.165, 1.54) is 5.56 Å². The fraction of sp³-hybridized carbons (Fsp3) is 0.321. The summed E-state index contributed by atoms with van der Waals surface area (Å²) in [4.78, 5) is 14.3. The number of hydrogen-bond acceptors (Lipinski definition) is 6. The molecule has 196 valence electrons. The monoisotopic (exact) mass is 543 g/mol. The van der Waals surface area contributed by atoms with E-state index in [0.717, 1.165) is 28.0 Å². The number of nitrogens with zero attached hydrogens (tertiary/aromatic N) is 1. The molecule has 0 bridgehead atoms. The van der Waals surface area contributed by atoms with E-state index in [4.69, 9.17) is 26.1 Å². The normalized spacial score (nSPS) is 12.8. The van der Waals surface area contributed by atoms with Gasteiger partial charge >= 0.3 is 8.25 Å². The van der Waals surface area contributed by atoms with Gasteiger partial charge in [-0.15, -0.1) is 9.42 Å². The molecule has 0 aliphatic heterocycles. The van der Waals surface area contributed by atoms with Crippen LogP contribution in [0, 0.1) is 13.8 Å². The Bertz CT molecular complexity index is 1200. The van der Waals surface area contributed by atoms with Crippen LogP contribution in [0.2, 0.25) is 5.02 Å². The maximum atomic E-state index is 10.5. The van der Waals surface area contributed by atoms with Crippen LogP contribution in [0.3, 0.4) is 0 Å². The fourth-order valence-corrected chi connectivity index (χ4v) is 4.05. The molecule has 37 heavy (non-hydrogen) atoms. The number of halogens is 1. The number of benzene rings is 3. The summed E-state index contributed by atoms with van der Waals surface area (Å²) < 4.78 is 21.4. The maximum Gasteiger partial charge on any atom is 0.694 e. The summed E-state index contributed by atoms with van der Waals surface area (Å²) in [7, 11) is -2.52. The van der Waals surface area contributed by atoms with E-state index in [2.05, 4.69) is 28.8 Å². The van der Waals surface area contributed by atoms with E-state index >= 15 is 0 Å². The Hall–Kier alpha value is -2.80. The van der Waals surface area contributed by atoms with Gasteiger partial charge in [-0.2, -0.15) is 0 Å². The van der Waals surface area contributed by atoms with Crippen LogP contribution in [-0.4, -0.2) is 23.8 Å². The highest BCUT2D eigenvalue weighted by atomic mass is 35.5. The molecule has 0 fully saturated rings. The number of oxime groups is 1. The van der Waals surface area contributed by atoms with Crippen molar-refractivity contribution < 1.29 is 23.6 Å². The zero-order valence-corrected chi connectivity index (χ0v) is 23.0. The predicted molar refractivity (Wildman–Crippen MR) is 147 cm³/mol. The van der Waals surface area contributed by atoms with Gasteiger partial charge in [-0.3, -0.25) is 0 Å². The van der Waals surface area contributed by atoms with Crippen molar-refractivity contribution in [3.8, 4) is 5.75 Å². The van der Waals surface area contributed by atoms with Gasteiger partial charge in [0.05, 0.1) is 5.71 Å². The van der Waals surface area contributed by atoms with Crippen molar-refractivity contribution >= 4 is 25.6 Å². The second kappa shape index (κ2) is 14.8. The summed E-state index contributed by atoms with van der Waals surface area (Å²) in [6.45, 7) is 7.97. The molecule has 3 rings (SSSR count). The molecule has 0 aromatic heterocycles. The van der Waals surface area contributed by atoms with Crippen molar-refractivity contribution in [1.82, 2.24) is 5.32 Å². The van der Waals surface area contributed by atoms with Crippen molar-refractivity contribution in [2.24, 2.45) is 5.16 Å². The van der Waals surface area contributed by atoms with Gasteiger partial charge in [0.2, 0.25) is 0 Å². The van der Waals surface area contributed by atoms with Gasteiger partial charge in [-0.1, -0.05) is 59.2 Å². The van der Waals surface area contributed by atoms with Gasteiger partial charge in [0.1, 0.15) is 19.0 Å². The van der Waals surface area contributed by atoms with Crippen LogP contribution >= 0.6 is 19.9 Å².